The van der Waals surface area contributed by atoms with Crippen LogP contribution in [0.5, 0.6) is 5.88 Å². The molecule has 1 aromatic heterocycles. The highest BCUT2D eigenvalue weighted by Crippen LogP contribution is 2.33. The van der Waals surface area contributed by atoms with Crippen LogP contribution in [0.15, 0.2) is 12.3 Å². The Morgan fingerprint density at radius 3 is 2.72 bits per heavy atom. The Hall–Kier alpha value is -1.13. The Labute approximate surface area is 109 Å². The van der Waals surface area contributed by atoms with Gasteiger partial charge in [-0.25, -0.2) is 4.98 Å². The molecule has 4 nitrogen and oxygen atoms in total. The molecule has 0 radical (unpaired) electrons. The van der Waals surface area contributed by atoms with Crippen LogP contribution < -0.4 is 4.74 Å². The molecule has 2 aliphatic heterocycles. The van der Waals surface area contributed by atoms with Crippen LogP contribution in [-0.4, -0.2) is 54.1 Å². The molecule has 2 bridgehead atoms. The number of fused-ring (bicyclic) bond motifs is 2. The summed E-state index contributed by atoms with van der Waals surface area (Å²) in [6, 6.07) is 3.69. The lowest BCUT2D eigenvalue weighted by atomic mass is 9.87. The molecule has 2 unspecified atom stereocenters. The fourth-order valence-corrected chi connectivity index (χ4v) is 3.29. The number of likely N-dealkylation sites (tertiary alicyclic amines) is 2. The third-order valence-electron chi connectivity index (χ3n) is 4.17. The van der Waals surface area contributed by atoms with E-state index in [2.05, 4.69) is 34.8 Å². The number of piperidine rings is 1. The van der Waals surface area contributed by atoms with Gasteiger partial charge in [0.25, 0.3) is 0 Å². The maximum absolute atomic E-state index is 5.20. The van der Waals surface area contributed by atoms with Crippen molar-refractivity contribution in [3.05, 3.63) is 23.4 Å². The summed E-state index contributed by atoms with van der Waals surface area (Å²) in [4.78, 5) is 9.41. The van der Waals surface area contributed by atoms with Gasteiger partial charge in [-0.05, 0) is 32.0 Å². The van der Waals surface area contributed by atoms with Crippen LogP contribution in [0.25, 0.3) is 0 Å². The van der Waals surface area contributed by atoms with Crippen molar-refractivity contribution in [2.24, 2.45) is 0 Å². The number of aromatic nitrogens is 1. The summed E-state index contributed by atoms with van der Waals surface area (Å²) < 4.78 is 5.20. The fraction of sp³-hybridized carbons (Fsp3) is 0.643. The summed E-state index contributed by atoms with van der Waals surface area (Å²) in [5.41, 5.74) is 2.42. The minimum atomic E-state index is 0.738. The van der Waals surface area contributed by atoms with Gasteiger partial charge in [-0.1, -0.05) is 0 Å². The molecule has 0 saturated carbocycles. The number of aryl methyl sites for hydroxylation is 1. The van der Waals surface area contributed by atoms with E-state index in [-0.39, 0.29) is 0 Å². The summed E-state index contributed by atoms with van der Waals surface area (Å²) in [7, 11) is 3.89. The van der Waals surface area contributed by atoms with E-state index in [1.165, 1.54) is 25.1 Å². The molecule has 4 heteroatoms. The summed E-state index contributed by atoms with van der Waals surface area (Å²) in [5.74, 6) is 0.738. The van der Waals surface area contributed by atoms with Crippen molar-refractivity contribution in [2.75, 3.05) is 27.2 Å². The zero-order valence-electron chi connectivity index (χ0n) is 11.4. The zero-order chi connectivity index (χ0) is 12.7. The van der Waals surface area contributed by atoms with Crippen LogP contribution in [-0.2, 0) is 6.54 Å². The smallest absolute Gasteiger partial charge is 0.215 e. The van der Waals surface area contributed by atoms with Crippen LogP contribution in [0.4, 0.5) is 0 Å². The quantitative estimate of drug-likeness (QED) is 0.804. The second kappa shape index (κ2) is 4.52. The Bertz CT molecular complexity index is 437. The molecule has 2 aliphatic rings. The second-order valence-corrected chi connectivity index (χ2v) is 5.61. The lowest BCUT2D eigenvalue weighted by Crippen LogP contribution is -2.67. The van der Waals surface area contributed by atoms with Crippen LogP contribution in [0.1, 0.15) is 17.5 Å². The van der Waals surface area contributed by atoms with E-state index < -0.39 is 0 Å². The zero-order valence-corrected chi connectivity index (χ0v) is 11.4. The summed E-state index contributed by atoms with van der Waals surface area (Å²) in [6.45, 7) is 5.50. The first-order valence-corrected chi connectivity index (χ1v) is 6.61. The van der Waals surface area contributed by atoms with Gasteiger partial charge in [0.05, 0.1) is 7.11 Å². The molecule has 3 heterocycles. The van der Waals surface area contributed by atoms with Crippen molar-refractivity contribution in [1.29, 1.82) is 0 Å². The lowest BCUT2D eigenvalue weighted by molar-refractivity contribution is -0.0668. The number of rotatable bonds is 3. The predicted octanol–water partition coefficient (Wildman–Crippen LogP) is 1.29. The summed E-state index contributed by atoms with van der Waals surface area (Å²) in [6.07, 6.45) is 3.32. The van der Waals surface area contributed by atoms with E-state index in [1.54, 1.807) is 7.11 Å². The number of methoxy groups -OCH3 is 1. The maximum atomic E-state index is 5.20. The highest BCUT2D eigenvalue weighted by molar-refractivity contribution is 5.28. The largest absolute Gasteiger partial charge is 0.481 e. The molecule has 3 rings (SSSR count). The predicted molar refractivity (Wildman–Crippen MR) is 70.8 cm³/mol. The third-order valence-corrected chi connectivity index (χ3v) is 4.17. The first kappa shape index (κ1) is 11.9. The normalized spacial score (nSPS) is 27.9. The lowest BCUT2D eigenvalue weighted by Gasteiger charge is -2.55. The van der Waals surface area contributed by atoms with Gasteiger partial charge in [0.15, 0.2) is 0 Å². The summed E-state index contributed by atoms with van der Waals surface area (Å²) in [5, 5.41) is 0. The van der Waals surface area contributed by atoms with E-state index in [0.717, 1.165) is 30.1 Å². The van der Waals surface area contributed by atoms with Gasteiger partial charge >= 0.3 is 0 Å². The molecular formula is C14H21N3O. The van der Waals surface area contributed by atoms with Gasteiger partial charge in [-0.2, -0.15) is 0 Å². The molecule has 18 heavy (non-hydrogen) atoms. The molecular weight excluding hydrogens is 226 g/mol. The summed E-state index contributed by atoms with van der Waals surface area (Å²) >= 11 is 0. The van der Waals surface area contributed by atoms with Gasteiger partial charge in [-0.15, -0.1) is 0 Å². The van der Waals surface area contributed by atoms with Gasteiger partial charge in [-0.3, -0.25) is 4.90 Å². The molecule has 2 atom stereocenters. The molecule has 0 spiro atoms. The minimum Gasteiger partial charge on any atom is -0.481 e. The molecule has 1 aromatic rings. The number of ether oxygens (including phenoxy) is 1. The van der Waals surface area contributed by atoms with E-state index >= 15 is 0 Å². The standard InChI is InChI=1S/C14H21N3O/c1-10-4-11(6-15-14(10)18-3)7-17-12-5-13(17)9-16(2)8-12/h4,6,12-13H,5,7-9H2,1-3H3. The number of hydrogen-bond acceptors (Lipinski definition) is 4. The van der Waals surface area contributed by atoms with Gasteiger partial charge in [0, 0.05) is 43.5 Å². The van der Waals surface area contributed by atoms with Crippen molar-refractivity contribution in [3.63, 3.8) is 0 Å². The second-order valence-electron chi connectivity index (χ2n) is 5.61. The van der Waals surface area contributed by atoms with E-state index in [1.807, 2.05) is 6.20 Å². The molecule has 0 N–H and O–H groups in total. The van der Waals surface area contributed by atoms with Crippen molar-refractivity contribution >= 4 is 0 Å². The molecule has 0 aromatic carbocycles. The Morgan fingerprint density at radius 1 is 1.39 bits per heavy atom. The average Bonchev–Trinajstić information content (AvgIpc) is 2.36. The van der Waals surface area contributed by atoms with Crippen LogP contribution in [0, 0.1) is 6.92 Å². The van der Waals surface area contributed by atoms with Crippen molar-refractivity contribution in [1.82, 2.24) is 14.8 Å². The molecule has 98 valence electrons. The molecule has 2 fully saturated rings. The minimum absolute atomic E-state index is 0.738. The van der Waals surface area contributed by atoms with E-state index in [9.17, 15) is 0 Å². The van der Waals surface area contributed by atoms with Crippen molar-refractivity contribution < 1.29 is 4.74 Å². The monoisotopic (exact) mass is 247 g/mol. The number of pyridine rings is 1. The first-order chi connectivity index (χ1) is 8.67. The molecule has 0 aliphatic carbocycles. The van der Waals surface area contributed by atoms with Crippen LogP contribution in [0.3, 0.4) is 0 Å². The number of likely N-dealkylation sites (N-methyl/N-ethyl adjacent to an activating group) is 1. The Kier molecular flexibility index (Phi) is 2.99. The highest BCUT2D eigenvalue weighted by Gasteiger charge is 2.43. The molecule has 2 saturated heterocycles. The first-order valence-electron chi connectivity index (χ1n) is 6.61. The van der Waals surface area contributed by atoms with Crippen LogP contribution >= 0.6 is 0 Å². The number of nitrogens with zero attached hydrogens (tertiary/aromatic N) is 3. The number of hydrogen-bond donors (Lipinski definition) is 0. The Morgan fingerprint density at radius 2 is 2.11 bits per heavy atom. The Balaban J connectivity index is 1.69. The van der Waals surface area contributed by atoms with Gasteiger partial charge < -0.3 is 9.64 Å². The SMILES string of the molecule is COc1ncc(CN2C3CC2CN(C)C3)cc1C. The average molecular weight is 247 g/mol. The van der Waals surface area contributed by atoms with E-state index in [4.69, 9.17) is 4.74 Å². The van der Waals surface area contributed by atoms with E-state index in [0.29, 0.717) is 0 Å². The fourth-order valence-electron chi connectivity index (χ4n) is 3.29. The topological polar surface area (TPSA) is 28.6 Å². The third kappa shape index (κ3) is 1.99. The van der Waals surface area contributed by atoms with Gasteiger partial charge in [0.1, 0.15) is 0 Å². The van der Waals surface area contributed by atoms with Gasteiger partial charge in [0.2, 0.25) is 5.88 Å². The highest BCUT2D eigenvalue weighted by atomic mass is 16.5. The molecule has 0 amide bonds. The van der Waals surface area contributed by atoms with Crippen molar-refractivity contribution in [3.8, 4) is 5.88 Å². The number of piperazine rings is 1. The van der Waals surface area contributed by atoms with Crippen LogP contribution in [0.2, 0.25) is 0 Å². The van der Waals surface area contributed by atoms with Crippen molar-refractivity contribution in [2.45, 2.75) is 32.0 Å². The maximum Gasteiger partial charge on any atom is 0.215 e.